The summed E-state index contributed by atoms with van der Waals surface area (Å²) >= 11 is 5.67. The molecule has 0 saturated carbocycles. The Bertz CT molecular complexity index is 587. The van der Waals surface area contributed by atoms with E-state index in [4.69, 9.17) is 11.6 Å². The first-order valence-corrected chi connectivity index (χ1v) is 5.88. The average molecular weight is 304 g/mol. The van der Waals surface area contributed by atoms with E-state index in [1.54, 1.807) is 0 Å². The number of hydrogen-bond donors (Lipinski definition) is 1. The van der Waals surface area contributed by atoms with Crippen molar-refractivity contribution in [2.45, 2.75) is 12.5 Å². The second-order valence-electron chi connectivity index (χ2n) is 3.92. The minimum Gasteiger partial charge on any atom is -0.406 e. The lowest BCUT2D eigenvalue weighted by molar-refractivity contribution is -0.274. The molecular weight excluding hydrogens is 295 g/mol. The molecule has 0 fully saturated rings. The third kappa shape index (κ3) is 3.85. The number of aromatic nitrogens is 1. The zero-order valence-electron chi connectivity index (χ0n) is 9.93. The van der Waals surface area contributed by atoms with Gasteiger partial charge in [-0.05, 0) is 29.8 Å². The molecule has 1 aromatic carbocycles. The van der Waals surface area contributed by atoms with Gasteiger partial charge in [-0.25, -0.2) is 0 Å². The van der Waals surface area contributed by atoms with Gasteiger partial charge in [0.2, 0.25) is 0 Å². The first-order chi connectivity index (χ1) is 9.35. The summed E-state index contributed by atoms with van der Waals surface area (Å²) in [5.74, 6) is -0.400. The Kier molecular flexibility index (Phi) is 4.15. The van der Waals surface area contributed by atoms with Crippen LogP contribution in [0.1, 0.15) is 17.4 Å². The van der Waals surface area contributed by atoms with Crippen LogP contribution in [0.15, 0.2) is 42.6 Å². The van der Waals surface area contributed by atoms with Crippen LogP contribution in [0, 0.1) is 0 Å². The monoisotopic (exact) mass is 303 g/mol. The van der Waals surface area contributed by atoms with Crippen LogP contribution >= 0.6 is 11.6 Å². The van der Waals surface area contributed by atoms with E-state index in [1.165, 1.54) is 30.5 Å². The Morgan fingerprint density at radius 3 is 2.55 bits per heavy atom. The number of aliphatic hydroxyl groups excluding tert-OH is 1. The molecule has 1 unspecified atom stereocenters. The van der Waals surface area contributed by atoms with Gasteiger partial charge < -0.3 is 9.84 Å². The topological polar surface area (TPSA) is 42.4 Å². The van der Waals surface area contributed by atoms with Gasteiger partial charge in [-0.15, -0.1) is 13.2 Å². The highest BCUT2D eigenvalue weighted by Crippen LogP contribution is 2.27. The minimum absolute atomic E-state index is 0.238. The Balaban J connectivity index is 2.24. The molecule has 1 heterocycles. The second kappa shape index (κ2) is 5.68. The van der Waals surface area contributed by atoms with Crippen molar-refractivity contribution in [2.24, 2.45) is 0 Å². The summed E-state index contributed by atoms with van der Waals surface area (Å²) in [6.45, 7) is 0. The molecule has 0 spiro atoms. The van der Waals surface area contributed by atoms with E-state index in [0.29, 0.717) is 5.02 Å². The van der Waals surface area contributed by atoms with Gasteiger partial charge in [0, 0.05) is 6.20 Å². The van der Waals surface area contributed by atoms with E-state index in [2.05, 4.69) is 9.72 Å². The van der Waals surface area contributed by atoms with Crippen molar-refractivity contribution < 1.29 is 23.0 Å². The number of nitrogens with zero attached hydrogens (tertiary/aromatic N) is 1. The molecule has 0 aliphatic rings. The van der Waals surface area contributed by atoms with Crippen LogP contribution in [0.4, 0.5) is 13.2 Å². The van der Waals surface area contributed by atoms with E-state index in [-0.39, 0.29) is 11.3 Å². The predicted molar refractivity (Wildman–Crippen MR) is 66.4 cm³/mol. The predicted octanol–water partition coefficient (Wildman–Crippen LogP) is 3.72. The molecule has 7 heteroatoms. The van der Waals surface area contributed by atoms with Crippen LogP contribution in [0.2, 0.25) is 5.02 Å². The normalized spacial score (nSPS) is 13.1. The Labute approximate surface area is 117 Å². The molecule has 2 rings (SSSR count). The van der Waals surface area contributed by atoms with Crippen LogP contribution in [-0.2, 0) is 0 Å². The summed E-state index contributed by atoms with van der Waals surface area (Å²) in [7, 11) is 0. The van der Waals surface area contributed by atoms with E-state index in [1.807, 2.05) is 0 Å². The van der Waals surface area contributed by atoms with Gasteiger partial charge in [0.25, 0.3) is 0 Å². The van der Waals surface area contributed by atoms with Gasteiger partial charge in [0.05, 0.1) is 10.7 Å². The van der Waals surface area contributed by atoms with Crippen molar-refractivity contribution in [3.63, 3.8) is 0 Å². The smallest absolute Gasteiger partial charge is 0.406 e. The molecule has 0 bridgehead atoms. The van der Waals surface area contributed by atoms with Crippen molar-refractivity contribution in [3.05, 3.63) is 58.9 Å². The van der Waals surface area contributed by atoms with E-state index >= 15 is 0 Å². The summed E-state index contributed by atoms with van der Waals surface area (Å²) in [5, 5.41) is 10.5. The van der Waals surface area contributed by atoms with Crippen molar-refractivity contribution in [1.82, 2.24) is 4.98 Å². The molecular formula is C13H9ClF3NO2. The van der Waals surface area contributed by atoms with Gasteiger partial charge in [0.1, 0.15) is 11.9 Å². The summed E-state index contributed by atoms with van der Waals surface area (Å²) in [4.78, 5) is 3.91. The lowest BCUT2D eigenvalue weighted by atomic mass is 10.1. The van der Waals surface area contributed by atoms with Crippen molar-refractivity contribution in [2.75, 3.05) is 0 Å². The summed E-state index contributed by atoms with van der Waals surface area (Å²) in [6.07, 6.45) is -4.60. The molecule has 3 nitrogen and oxygen atoms in total. The molecule has 0 saturated heterocycles. The quantitative estimate of drug-likeness (QED) is 0.940. The highest BCUT2D eigenvalue weighted by molar-refractivity contribution is 6.30. The summed E-state index contributed by atoms with van der Waals surface area (Å²) < 4.78 is 40.2. The Hall–Kier alpha value is -1.79. The Morgan fingerprint density at radius 1 is 1.20 bits per heavy atom. The minimum atomic E-state index is -4.78. The van der Waals surface area contributed by atoms with Gasteiger partial charge in [-0.3, -0.25) is 4.98 Å². The van der Waals surface area contributed by atoms with E-state index in [9.17, 15) is 18.3 Å². The van der Waals surface area contributed by atoms with E-state index in [0.717, 1.165) is 12.1 Å². The fraction of sp³-hybridized carbons (Fsp3) is 0.154. The molecule has 1 atom stereocenters. The molecule has 0 radical (unpaired) electrons. The van der Waals surface area contributed by atoms with Crippen LogP contribution in [0.25, 0.3) is 0 Å². The lowest BCUT2D eigenvalue weighted by Gasteiger charge is -2.13. The number of hydrogen-bond acceptors (Lipinski definition) is 3. The fourth-order valence-corrected chi connectivity index (χ4v) is 1.71. The van der Waals surface area contributed by atoms with Gasteiger partial charge in [0.15, 0.2) is 0 Å². The zero-order chi connectivity index (χ0) is 14.8. The first kappa shape index (κ1) is 14.6. The van der Waals surface area contributed by atoms with Crippen LogP contribution in [0.5, 0.6) is 5.75 Å². The molecule has 0 aliphatic carbocycles. The summed E-state index contributed by atoms with van der Waals surface area (Å²) in [6, 6.07) is 8.11. The fourth-order valence-electron chi connectivity index (χ4n) is 1.60. The number of alkyl halides is 3. The molecule has 2 aromatic rings. The zero-order valence-corrected chi connectivity index (χ0v) is 10.7. The maximum absolute atomic E-state index is 12.1. The highest BCUT2D eigenvalue weighted by atomic mass is 35.5. The third-order valence-electron chi connectivity index (χ3n) is 2.44. The third-order valence-corrected chi connectivity index (χ3v) is 2.66. The van der Waals surface area contributed by atoms with Crippen molar-refractivity contribution in [1.29, 1.82) is 0 Å². The van der Waals surface area contributed by atoms with Gasteiger partial charge in [-0.2, -0.15) is 0 Å². The summed E-state index contributed by atoms with van der Waals surface area (Å²) in [5.41, 5.74) is 0.514. The van der Waals surface area contributed by atoms with Gasteiger partial charge >= 0.3 is 6.36 Å². The average Bonchev–Trinajstić information content (AvgIpc) is 2.37. The number of pyridine rings is 1. The SMILES string of the molecule is OC(c1cccc(OC(F)(F)F)c1)c1ccc(Cl)cn1. The standard InChI is InChI=1S/C13H9ClF3NO2/c14-9-4-5-11(18-7-9)12(19)8-2-1-3-10(6-8)20-13(15,16)17/h1-7,12,19H. The van der Waals surface area contributed by atoms with E-state index < -0.39 is 18.2 Å². The molecule has 1 N–H and O–H groups in total. The molecule has 20 heavy (non-hydrogen) atoms. The molecule has 0 aliphatic heterocycles. The number of benzene rings is 1. The molecule has 0 amide bonds. The van der Waals surface area contributed by atoms with Crippen LogP contribution in [-0.4, -0.2) is 16.5 Å². The second-order valence-corrected chi connectivity index (χ2v) is 4.36. The van der Waals surface area contributed by atoms with Gasteiger partial charge in [-0.1, -0.05) is 23.7 Å². The Morgan fingerprint density at radius 2 is 1.95 bits per heavy atom. The number of rotatable bonds is 3. The highest BCUT2D eigenvalue weighted by Gasteiger charge is 2.31. The number of aliphatic hydroxyl groups is 1. The van der Waals surface area contributed by atoms with Crippen molar-refractivity contribution >= 4 is 11.6 Å². The molecule has 106 valence electrons. The largest absolute Gasteiger partial charge is 0.573 e. The maximum atomic E-state index is 12.1. The maximum Gasteiger partial charge on any atom is 0.573 e. The first-order valence-electron chi connectivity index (χ1n) is 5.50. The lowest BCUT2D eigenvalue weighted by Crippen LogP contribution is -2.17. The van der Waals surface area contributed by atoms with Crippen LogP contribution < -0.4 is 4.74 Å². The van der Waals surface area contributed by atoms with Crippen molar-refractivity contribution in [3.8, 4) is 5.75 Å². The number of halogens is 4. The molecule has 1 aromatic heterocycles. The van der Waals surface area contributed by atoms with Crippen LogP contribution in [0.3, 0.4) is 0 Å². The number of ether oxygens (including phenoxy) is 1.